The van der Waals surface area contributed by atoms with Gasteiger partial charge in [-0.25, -0.2) is 0 Å². The number of hydrogen-bond donors (Lipinski definition) is 1. The van der Waals surface area contributed by atoms with Crippen molar-refractivity contribution in [3.63, 3.8) is 0 Å². The molecule has 0 bridgehead atoms. The summed E-state index contributed by atoms with van der Waals surface area (Å²) in [5.74, 6) is 3.07. The minimum absolute atomic E-state index is 0.284. The first-order chi connectivity index (χ1) is 10.9. The van der Waals surface area contributed by atoms with Crippen molar-refractivity contribution in [3.8, 4) is 0 Å². The van der Waals surface area contributed by atoms with Gasteiger partial charge < -0.3 is 5.73 Å². The highest BCUT2D eigenvalue weighted by atomic mass is 16.1. The molecule has 4 rings (SSSR count). The Kier molecular flexibility index (Phi) is 3.37. The van der Waals surface area contributed by atoms with Crippen LogP contribution < -0.4 is 5.73 Å². The van der Waals surface area contributed by atoms with Gasteiger partial charge in [0.25, 0.3) is 0 Å². The second-order valence-electron chi connectivity index (χ2n) is 8.67. The summed E-state index contributed by atoms with van der Waals surface area (Å²) in [6.07, 6.45) is 7.95. The van der Waals surface area contributed by atoms with Crippen molar-refractivity contribution in [2.45, 2.75) is 65.2 Å². The second kappa shape index (κ2) is 5.09. The average molecular weight is 311 g/mol. The van der Waals surface area contributed by atoms with Crippen LogP contribution in [0.5, 0.6) is 0 Å². The van der Waals surface area contributed by atoms with Crippen LogP contribution in [0.4, 0.5) is 0 Å². The highest BCUT2D eigenvalue weighted by Gasteiger charge is 2.53. The van der Waals surface area contributed by atoms with Crippen molar-refractivity contribution in [1.29, 1.82) is 0 Å². The summed E-state index contributed by atoms with van der Waals surface area (Å²) >= 11 is 0. The Bertz CT molecular complexity index is 664. The van der Waals surface area contributed by atoms with Crippen LogP contribution in [0.25, 0.3) is 0 Å². The smallest absolute Gasteiger partial charge is 0.248 e. The highest BCUT2D eigenvalue weighted by Crippen LogP contribution is 2.62. The molecule has 2 nitrogen and oxygen atoms in total. The van der Waals surface area contributed by atoms with Crippen molar-refractivity contribution in [1.82, 2.24) is 0 Å². The van der Waals surface area contributed by atoms with E-state index in [1.54, 1.807) is 0 Å². The number of nitrogens with two attached hydrogens (primary N) is 1. The Labute approximate surface area is 139 Å². The normalized spacial score (nSPS) is 38.6. The molecule has 23 heavy (non-hydrogen) atoms. The fourth-order valence-electron chi connectivity index (χ4n) is 6.26. The van der Waals surface area contributed by atoms with Gasteiger partial charge in [0.2, 0.25) is 5.91 Å². The van der Waals surface area contributed by atoms with Gasteiger partial charge in [-0.3, -0.25) is 4.79 Å². The van der Waals surface area contributed by atoms with Crippen molar-refractivity contribution in [2.24, 2.45) is 28.9 Å². The van der Waals surface area contributed by atoms with E-state index in [0.29, 0.717) is 11.3 Å². The zero-order valence-corrected chi connectivity index (χ0v) is 14.7. The van der Waals surface area contributed by atoms with Gasteiger partial charge in [-0.05, 0) is 97.3 Å². The zero-order valence-electron chi connectivity index (χ0n) is 14.7. The van der Waals surface area contributed by atoms with Crippen molar-refractivity contribution in [2.75, 3.05) is 0 Å². The second-order valence-corrected chi connectivity index (χ2v) is 8.67. The molecule has 0 aliphatic heterocycles. The third-order valence-corrected chi connectivity index (χ3v) is 7.81. The summed E-state index contributed by atoms with van der Waals surface area (Å²) in [4.78, 5) is 11.6. The van der Waals surface area contributed by atoms with Crippen LogP contribution in [0.3, 0.4) is 0 Å². The number of fused-ring (bicyclic) bond motifs is 5. The molecule has 0 spiro atoms. The maximum absolute atomic E-state index is 11.6. The first-order valence-electron chi connectivity index (χ1n) is 9.35. The van der Waals surface area contributed by atoms with Gasteiger partial charge in [-0.15, -0.1) is 0 Å². The summed E-state index contributed by atoms with van der Waals surface area (Å²) in [6, 6.07) is 4.38. The molecule has 4 unspecified atom stereocenters. The molecule has 3 aliphatic carbocycles. The molecule has 0 radical (unpaired) electrons. The molecule has 2 N–H and O–H groups in total. The van der Waals surface area contributed by atoms with Gasteiger partial charge in [0.05, 0.1) is 0 Å². The molecule has 3 aliphatic rings. The molecular formula is C21H29NO. The van der Waals surface area contributed by atoms with Crippen LogP contribution >= 0.6 is 0 Å². The van der Waals surface area contributed by atoms with E-state index in [9.17, 15) is 4.79 Å². The minimum Gasteiger partial charge on any atom is -0.366 e. The van der Waals surface area contributed by atoms with Gasteiger partial charge in [0.1, 0.15) is 0 Å². The molecule has 1 aromatic rings. The Hall–Kier alpha value is -1.31. The fourth-order valence-corrected chi connectivity index (χ4v) is 6.26. The molecular weight excluding hydrogens is 282 g/mol. The quantitative estimate of drug-likeness (QED) is 0.810. The number of carbonyl (C=O) groups is 1. The summed E-state index contributed by atoms with van der Waals surface area (Å²) < 4.78 is 0. The standard InChI is InChI=1S/C21H29NO/c1-12-10-18-14(11-17(12)20(22)23)5-6-16-15(18)8-9-21(3)13(2)4-7-19(16)21/h10-11,13,15-16,19H,4-9H2,1-3H3,(H2,22,23)/t13?,15?,16?,19?,21-/m1/s1. The maximum Gasteiger partial charge on any atom is 0.248 e. The lowest BCUT2D eigenvalue weighted by atomic mass is 9.54. The number of amides is 1. The van der Waals surface area contributed by atoms with Crippen LogP contribution in [0.15, 0.2) is 12.1 Å². The first kappa shape index (κ1) is 15.2. The molecule has 0 heterocycles. The number of carbonyl (C=O) groups excluding carboxylic acids is 1. The van der Waals surface area contributed by atoms with E-state index in [-0.39, 0.29) is 5.91 Å². The number of rotatable bonds is 1. The largest absolute Gasteiger partial charge is 0.366 e. The van der Waals surface area contributed by atoms with Gasteiger partial charge in [-0.1, -0.05) is 19.9 Å². The molecule has 124 valence electrons. The molecule has 0 saturated heterocycles. The fraction of sp³-hybridized carbons (Fsp3) is 0.667. The van der Waals surface area contributed by atoms with Gasteiger partial charge in [0.15, 0.2) is 0 Å². The van der Waals surface area contributed by atoms with Crippen LogP contribution in [0, 0.1) is 30.1 Å². The van der Waals surface area contributed by atoms with Crippen molar-refractivity contribution in [3.05, 3.63) is 34.4 Å². The van der Waals surface area contributed by atoms with Gasteiger partial charge in [-0.2, -0.15) is 0 Å². The molecule has 5 atom stereocenters. The van der Waals surface area contributed by atoms with Crippen molar-refractivity contribution < 1.29 is 4.79 Å². The van der Waals surface area contributed by atoms with Crippen LogP contribution in [0.2, 0.25) is 0 Å². The van der Waals surface area contributed by atoms with Crippen LogP contribution in [0.1, 0.15) is 78.9 Å². The number of benzene rings is 1. The van der Waals surface area contributed by atoms with Crippen LogP contribution in [-0.4, -0.2) is 5.91 Å². The van der Waals surface area contributed by atoms with Crippen molar-refractivity contribution >= 4 is 5.91 Å². The summed E-state index contributed by atoms with van der Waals surface area (Å²) in [6.45, 7) is 7.07. The molecule has 2 fully saturated rings. The van der Waals surface area contributed by atoms with E-state index in [1.807, 2.05) is 6.92 Å². The Balaban J connectivity index is 1.72. The van der Waals surface area contributed by atoms with Gasteiger partial charge >= 0.3 is 0 Å². The summed E-state index contributed by atoms with van der Waals surface area (Å²) in [5, 5.41) is 0. The molecule has 1 aromatic carbocycles. The lowest BCUT2D eigenvalue weighted by Crippen LogP contribution is -2.41. The lowest BCUT2D eigenvalue weighted by Gasteiger charge is -2.50. The highest BCUT2D eigenvalue weighted by molar-refractivity contribution is 5.94. The Morgan fingerprint density at radius 2 is 2.00 bits per heavy atom. The predicted octanol–water partition coefficient (Wildman–Crippen LogP) is 4.59. The predicted molar refractivity (Wildman–Crippen MR) is 93.5 cm³/mol. The third-order valence-electron chi connectivity index (χ3n) is 7.81. The Morgan fingerprint density at radius 3 is 2.74 bits per heavy atom. The number of primary amides is 1. The van der Waals surface area contributed by atoms with E-state index < -0.39 is 0 Å². The monoisotopic (exact) mass is 311 g/mol. The zero-order chi connectivity index (χ0) is 16.4. The molecule has 2 saturated carbocycles. The van der Waals surface area contributed by atoms with E-state index in [4.69, 9.17) is 5.73 Å². The molecule has 2 heteroatoms. The van der Waals surface area contributed by atoms with E-state index >= 15 is 0 Å². The van der Waals surface area contributed by atoms with Gasteiger partial charge in [0, 0.05) is 5.56 Å². The Morgan fingerprint density at radius 1 is 1.22 bits per heavy atom. The molecule has 0 aromatic heterocycles. The third kappa shape index (κ3) is 2.10. The maximum atomic E-state index is 11.6. The van der Waals surface area contributed by atoms with Crippen LogP contribution in [-0.2, 0) is 6.42 Å². The summed E-state index contributed by atoms with van der Waals surface area (Å²) in [7, 11) is 0. The minimum atomic E-state index is -0.284. The van der Waals surface area contributed by atoms with E-state index in [1.165, 1.54) is 43.2 Å². The summed E-state index contributed by atoms with van der Waals surface area (Å²) in [5.41, 5.74) is 10.8. The molecule has 1 amide bonds. The van der Waals surface area contributed by atoms with E-state index in [2.05, 4.69) is 26.0 Å². The SMILES string of the molecule is Cc1cc2c(cc1C(N)=O)CCC1C2CC[C@]2(C)C(C)CCC12. The average Bonchev–Trinajstić information content (AvgIpc) is 2.82. The lowest BCUT2D eigenvalue weighted by molar-refractivity contribution is 0.0336. The van der Waals surface area contributed by atoms with E-state index in [0.717, 1.165) is 35.3 Å². The first-order valence-corrected chi connectivity index (χ1v) is 9.35. The number of aryl methyl sites for hydroxylation is 2. The number of hydrogen-bond acceptors (Lipinski definition) is 1. The topological polar surface area (TPSA) is 43.1 Å².